The smallest absolute Gasteiger partial charge is 0.00154 e. The maximum Gasteiger partial charge on any atom is -0.00154 e. The lowest BCUT2D eigenvalue weighted by molar-refractivity contribution is 0.110. The molecule has 0 spiro atoms. The van der Waals surface area contributed by atoms with Crippen molar-refractivity contribution >= 4 is 0 Å². The minimum Gasteiger partial charge on any atom is -0.316 e. The van der Waals surface area contributed by atoms with Crippen LogP contribution in [0.25, 0.3) is 0 Å². The van der Waals surface area contributed by atoms with Crippen LogP contribution in [0.2, 0.25) is 0 Å². The molecule has 1 fully saturated rings. The zero-order valence-corrected chi connectivity index (χ0v) is 11.6. The summed E-state index contributed by atoms with van der Waals surface area (Å²) in [5.41, 5.74) is 0.631. The Morgan fingerprint density at radius 3 is 2.56 bits per heavy atom. The van der Waals surface area contributed by atoms with Gasteiger partial charge in [0.15, 0.2) is 0 Å². The van der Waals surface area contributed by atoms with Crippen molar-refractivity contribution < 1.29 is 0 Å². The van der Waals surface area contributed by atoms with Crippen LogP contribution in [0, 0.1) is 11.3 Å². The average Bonchev–Trinajstić information content (AvgIpc) is 2.29. The second kappa shape index (κ2) is 7.32. The van der Waals surface area contributed by atoms with Gasteiger partial charge in [0.2, 0.25) is 0 Å². The Labute approximate surface area is 102 Å². The molecule has 1 rings (SSSR count). The standard InChI is InChI=1S/C15H31N/c1-4-6-7-8-9-10-15(3)11-12-16-13-14(15)5-2/h14,16H,4-13H2,1-3H3. The van der Waals surface area contributed by atoms with Gasteiger partial charge in [-0.15, -0.1) is 0 Å². The maximum absolute atomic E-state index is 3.55. The first-order valence-corrected chi connectivity index (χ1v) is 7.43. The summed E-state index contributed by atoms with van der Waals surface area (Å²) in [7, 11) is 0. The molecule has 2 atom stereocenters. The van der Waals surface area contributed by atoms with E-state index in [0.29, 0.717) is 5.41 Å². The SMILES string of the molecule is CCCCCCCC1(C)CCNCC1CC. The van der Waals surface area contributed by atoms with Crippen LogP contribution in [0.1, 0.15) is 72.1 Å². The highest BCUT2D eigenvalue weighted by Gasteiger charge is 2.34. The monoisotopic (exact) mass is 225 g/mol. The van der Waals surface area contributed by atoms with Crippen LogP contribution in [0.3, 0.4) is 0 Å². The predicted octanol–water partition coefficient (Wildman–Crippen LogP) is 4.37. The minimum absolute atomic E-state index is 0.631. The lowest BCUT2D eigenvalue weighted by Crippen LogP contribution is -2.43. The van der Waals surface area contributed by atoms with E-state index in [9.17, 15) is 0 Å². The van der Waals surface area contributed by atoms with Gasteiger partial charge >= 0.3 is 0 Å². The summed E-state index contributed by atoms with van der Waals surface area (Å²) in [6.45, 7) is 9.67. The molecule has 0 saturated carbocycles. The molecule has 16 heavy (non-hydrogen) atoms. The number of nitrogens with one attached hydrogen (secondary N) is 1. The van der Waals surface area contributed by atoms with Crippen molar-refractivity contribution in [1.82, 2.24) is 5.32 Å². The highest BCUT2D eigenvalue weighted by Crippen LogP contribution is 2.40. The highest BCUT2D eigenvalue weighted by molar-refractivity contribution is 4.87. The van der Waals surface area contributed by atoms with E-state index in [1.807, 2.05) is 0 Å². The van der Waals surface area contributed by atoms with Crippen LogP contribution in [0.5, 0.6) is 0 Å². The summed E-state index contributed by atoms with van der Waals surface area (Å²) in [4.78, 5) is 0. The summed E-state index contributed by atoms with van der Waals surface area (Å²) < 4.78 is 0. The third kappa shape index (κ3) is 4.08. The largest absolute Gasteiger partial charge is 0.316 e. The van der Waals surface area contributed by atoms with E-state index in [1.54, 1.807) is 0 Å². The predicted molar refractivity (Wildman–Crippen MR) is 72.8 cm³/mol. The van der Waals surface area contributed by atoms with Gasteiger partial charge in [-0.05, 0) is 37.3 Å². The molecule has 1 aliphatic heterocycles. The topological polar surface area (TPSA) is 12.0 Å². The Morgan fingerprint density at radius 2 is 1.88 bits per heavy atom. The van der Waals surface area contributed by atoms with Crippen LogP contribution in [0.15, 0.2) is 0 Å². The molecule has 0 aromatic heterocycles. The Morgan fingerprint density at radius 1 is 1.12 bits per heavy atom. The fourth-order valence-electron chi connectivity index (χ4n) is 3.20. The molecule has 0 radical (unpaired) electrons. The molecule has 1 saturated heterocycles. The van der Waals surface area contributed by atoms with E-state index in [-0.39, 0.29) is 0 Å². The number of rotatable bonds is 7. The van der Waals surface area contributed by atoms with Gasteiger partial charge in [0.1, 0.15) is 0 Å². The highest BCUT2D eigenvalue weighted by atomic mass is 14.9. The number of hydrogen-bond acceptors (Lipinski definition) is 1. The zero-order chi connectivity index (χ0) is 11.9. The summed E-state index contributed by atoms with van der Waals surface area (Å²) in [5, 5.41) is 3.55. The van der Waals surface area contributed by atoms with Crippen molar-refractivity contribution in [2.75, 3.05) is 13.1 Å². The molecular weight excluding hydrogens is 194 g/mol. The second-order valence-electron chi connectivity index (χ2n) is 5.88. The van der Waals surface area contributed by atoms with Crippen molar-refractivity contribution in [1.29, 1.82) is 0 Å². The molecule has 0 bridgehead atoms. The van der Waals surface area contributed by atoms with E-state index >= 15 is 0 Å². The Balaban J connectivity index is 2.25. The average molecular weight is 225 g/mol. The molecule has 96 valence electrons. The molecule has 0 aromatic carbocycles. The normalized spacial score (nSPS) is 30.6. The molecule has 0 aliphatic carbocycles. The van der Waals surface area contributed by atoms with Crippen molar-refractivity contribution in [2.24, 2.45) is 11.3 Å². The first-order valence-electron chi connectivity index (χ1n) is 7.43. The summed E-state index contributed by atoms with van der Waals surface area (Å²) in [6, 6.07) is 0. The fourth-order valence-corrected chi connectivity index (χ4v) is 3.20. The van der Waals surface area contributed by atoms with E-state index in [1.165, 1.54) is 64.5 Å². The van der Waals surface area contributed by atoms with Gasteiger partial charge in [-0.2, -0.15) is 0 Å². The fraction of sp³-hybridized carbons (Fsp3) is 1.00. The molecule has 0 amide bonds. The third-order valence-corrected chi connectivity index (χ3v) is 4.59. The van der Waals surface area contributed by atoms with Crippen LogP contribution >= 0.6 is 0 Å². The van der Waals surface area contributed by atoms with Crippen molar-refractivity contribution in [3.05, 3.63) is 0 Å². The van der Waals surface area contributed by atoms with Crippen LogP contribution in [0.4, 0.5) is 0 Å². The molecule has 2 unspecified atom stereocenters. The Kier molecular flexibility index (Phi) is 6.41. The quantitative estimate of drug-likeness (QED) is 0.634. The van der Waals surface area contributed by atoms with Crippen molar-refractivity contribution in [2.45, 2.75) is 72.1 Å². The van der Waals surface area contributed by atoms with Crippen LogP contribution in [-0.4, -0.2) is 13.1 Å². The number of hydrogen-bond donors (Lipinski definition) is 1. The van der Waals surface area contributed by atoms with Crippen molar-refractivity contribution in [3.8, 4) is 0 Å². The van der Waals surface area contributed by atoms with E-state index in [2.05, 4.69) is 26.1 Å². The summed E-state index contributed by atoms with van der Waals surface area (Å²) >= 11 is 0. The molecule has 1 N–H and O–H groups in total. The van der Waals surface area contributed by atoms with E-state index < -0.39 is 0 Å². The number of unbranched alkanes of at least 4 members (excludes halogenated alkanes) is 4. The van der Waals surface area contributed by atoms with Crippen molar-refractivity contribution in [3.63, 3.8) is 0 Å². The Bertz CT molecular complexity index is 178. The zero-order valence-electron chi connectivity index (χ0n) is 11.6. The first kappa shape index (κ1) is 14.0. The van der Waals surface area contributed by atoms with Gasteiger partial charge in [-0.3, -0.25) is 0 Å². The molecule has 1 aliphatic rings. The lowest BCUT2D eigenvalue weighted by Gasteiger charge is -2.42. The van der Waals surface area contributed by atoms with E-state index in [0.717, 1.165) is 5.92 Å². The van der Waals surface area contributed by atoms with Gasteiger partial charge in [-0.1, -0.05) is 59.3 Å². The van der Waals surface area contributed by atoms with Crippen LogP contribution in [-0.2, 0) is 0 Å². The van der Waals surface area contributed by atoms with E-state index in [4.69, 9.17) is 0 Å². The minimum atomic E-state index is 0.631. The molecule has 1 heterocycles. The van der Waals surface area contributed by atoms with Gasteiger partial charge < -0.3 is 5.32 Å². The molecular formula is C15H31N. The van der Waals surface area contributed by atoms with Gasteiger partial charge in [0, 0.05) is 0 Å². The number of piperidine rings is 1. The van der Waals surface area contributed by atoms with Crippen LogP contribution < -0.4 is 5.32 Å². The molecule has 1 heteroatoms. The third-order valence-electron chi connectivity index (χ3n) is 4.59. The second-order valence-corrected chi connectivity index (χ2v) is 5.88. The molecule has 1 nitrogen and oxygen atoms in total. The van der Waals surface area contributed by atoms with Gasteiger partial charge in [0.05, 0.1) is 0 Å². The summed E-state index contributed by atoms with van der Waals surface area (Å²) in [6.07, 6.45) is 11.3. The lowest BCUT2D eigenvalue weighted by atomic mass is 9.68. The van der Waals surface area contributed by atoms with Gasteiger partial charge in [-0.25, -0.2) is 0 Å². The molecule has 0 aromatic rings. The summed E-state index contributed by atoms with van der Waals surface area (Å²) in [5.74, 6) is 0.910. The van der Waals surface area contributed by atoms with Gasteiger partial charge in [0.25, 0.3) is 0 Å². The maximum atomic E-state index is 3.55. The Hall–Kier alpha value is -0.0400. The first-order chi connectivity index (χ1) is 7.73.